The molecule has 1 aliphatic rings. The highest BCUT2D eigenvalue weighted by Gasteiger charge is 2.26. The number of aryl methyl sites for hydroxylation is 4. The summed E-state index contributed by atoms with van der Waals surface area (Å²) in [6.07, 6.45) is 6.54. The molecule has 0 fully saturated rings. The molecule has 1 atom stereocenters. The highest BCUT2D eigenvalue weighted by Crippen LogP contribution is 2.34. The van der Waals surface area contributed by atoms with E-state index in [0.29, 0.717) is 12.3 Å². The van der Waals surface area contributed by atoms with Crippen molar-refractivity contribution in [1.82, 2.24) is 19.7 Å². The molecule has 0 N–H and O–H groups in total. The molecular weight excluding hydrogens is 308 g/mol. The Morgan fingerprint density at radius 2 is 2.35 bits per heavy atom. The van der Waals surface area contributed by atoms with Crippen LogP contribution in [-0.4, -0.2) is 39.2 Å². The molecule has 2 aromatic heterocycles. The summed E-state index contributed by atoms with van der Waals surface area (Å²) in [6, 6.07) is 1.97. The summed E-state index contributed by atoms with van der Waals surface area (Å²) in [7, 11) is 3.83. The summed E-state index contributed by atoms with van der Waals surface area (Å²) in [5.74, 6) is 0.597. The Morgan fingerprint density at radius 1 is 1.52 bits per heavy atom. The monoisotopic (exact) mass is 332 g/mol. The van der Waals surface area contributed by atoms with Gasteiger partial charge in [-0.1, -0.05) is 0 Å². The molecule has 5 nitrogen and oxygen atoms in total. The van der Waals surface area contributed by atoms with Crippen molar-refractivity contribution >= 4 is 17.2 Å². The maximum absolute atomic E-state index is 12.4. The van der Waals surface area contributed by atoms with Gasteiger partial charge in [0.1, 0.15) is 0 Å². The van der Waals surface area contributed by atoms with Crippen molar-refractivity contribution in [2.24, 2.45) is 7.05 Å². The summed E-state index contributed by atoms with van der Waals surface area (Å²) in [4.78, 5) is 20.4. The third-order valence-electron chi connectivity index (χ3n) is 4.62. The van der Waals surface area contributed by atoms with E-state index in [4.69, 9.17) is 4.98 Å². The number of hydrogen-bond donors (Lipinski definition) is 0. The first-order chi connectivity index (χ1) is 11.0. The topological polar surface area (TPSA) is 51.0 Å². The van der Waals surface area contributed by atoms with Gasteiger partial charge in [-0.25, -0.2) is 4.98 Å². The Morgan fingerprint density at radius 3 is 3.09 bits per heavy atom. The Balaban J connectivity index is 1.57. The Hall–Kier alpha value is -1.69. The molecular formula is C17H24N4OS. The van der Waals surface area contributed by atoms with Gasteiger partial charge in [-0.2, -0.15) is 5.10 Å². The molecule has 0 aromatic carbocycles. The largest absolute Gasteiger partial charge is 0.345 e. The van der Waals surface area contributed by atoms with E-state index in [2.05, 4.69) is 12.0 Å². The predicted octanol–water partition coefficient (Wildman–Crippen LogP) is 2.70. The van der Waals surface area contributed by atoms with Gasteiger partial charge in [0.15, 0.2) is 0 Å². The van der Waals surface area contributed by atoms with E-state index in [-0.39, 0.29) is 5.91 Å². The van der Waals surface area contributed by atoms with Crippen LogP contribution < -0.4 is 0 Å². The van der Waals surface area contributed by atoms with Gasteiger partial charge in [0, 0.05) is 49.7 Å². The third-order valence-corrected chi connectivity index (χ3v) is 5.66. The normalized spacial score (nSPS) is 17.1. The van der Waals surface area contributed by atoms with Crippen LogP contribution in [0.1, 0.15) is 46.5 Å². The SMILES string of the molecule is Cc1nc2c(s1)CCCC2CN(C)C(=O)CCc1ccnn1C. The van der Waals surface area contributed by atoms with Crippen molar-refractivity contribution in [2.75, 3.05) is 13.6 Å². The lowest BCUT2D eigenvalue weighted by Gasteiger charge is -2.26. The number of rotatable bonds is 5. The average Bonchev–Trinajstić information content (AvgIpc) is 3.10. The minimum atomic E-state index is 0.199. The molecule has 1 unspecified atom stereocenters. The van der Waals surface area contributed by atoms with E-state index in [1.54, 1.807) is 6.20 Å². The van der Waals surface area contributed by atoms with E-state index in [1.165, 1.54) is 17.0 Å². The molecule has 124 valence electrons. The maximum atomic E-state index is 12.4. The highest BCUT2D eigenvalue weighted by molar-refractivity contribution is 7.11. The quantitative estimate of drug-likeness (QED) is 0.846. The second kappa shape index (κ2) is 6.83. The number of carbonyl (C=O) groups is 1. The first-order valence-electron chi connectivity index (χ1n) is 8.21. The zero-order valence-electron chi connectivity index (χ0n) is 14.1. The first kappa shape index (κ1) is 16.2. The van der Waals surface area contributed by atoms with Crippen molar-refractivity contribution in [1.29, 1.82) is 0 Å². The number of carbonyl (C=O) groups excluding carboxylic acids is 1. The molecule has 0 radical (unpaired) electrons. The summed E-state index contributed by atoms with van der Waals surface area (Å²) in [5, 5.41) is 5.29. The standard InChI is InChI=1S/C17H24N4OS/c1-12-19-17-13(5-4-6-15(17)23-12)11-20(2)16(22)8-7-14-9-10-18-21(14)3/h9-10,13H,4-8,11H2,1-3H3. The van der Waals surface area contributed by atoms with Gasteiger partial charge in [0.25, 0.3) is 0 Å². The zero-order valence-corrected chi connectivity index (χ0v) is 14.9. The van der Waals surface area contributed by atoms with Crippen LogP contribution in [0.4, 0.5) is 0 Å². The number of aromatic nitrogens is 3. The second-order valence-electron chi connectivity index (χ2n) is 6.35. The molecule has 1 aliphatic carbocycles. The lowest BCUT2D eigenvalue weighted by molar-refractivity contribution is -0.130. The number of amides is 1. The van der Waals surface area contributed by atoms with Crippen LogP contribution in [-0.2, 0) is 24.7 Å². The van der Waals surface area contributed by atoms with Gasteiger partial charge >= 0.3 is 0 Å². The Labute approximate surface area is 141 Å². The number of nitrogens with zero attached hydrogens (tertiary/aromatic N) is 4. The van der Waals surface area contributed by atoms with Gasteiger partial charge < -0.3 is 4.90 Å². The van der Waals surface area contributed by atoms with E-state index >= 15 is 0 Å². The van der Waals surface area contributed by atoms with Crippen molar-refractivity contribution < 1.29 is 4.79 Å². The second-order valence-corrected chi connectivity index (χ2v) is 7.64. The number of hydrogen-bond acceptors (Lipinski definition) is 4. The Kier molecular flexibility index (Phi) is 4.80. The molecule has 0 aliphatic heterocycles. The average molecular weight is 332 g/mol. The van der Waals surface area contributed by atoms with Crippen LogP contribution in [0.15, 0.2) is 12.3 Å². The van der Waals surface area contributed by atoms with Crippen molar-refractivity contribution in [3.05, 3.63) is 33.5 Å². The van der Waals surface area contributed by atoms with Gasteiger partial charge in [0.2, 0.25) is 5.91 Å². The third kappa shape index (κ3) is 3.63. The zero-order chi connectivity index (χ0) is 16.4. The fourth-order valence-corrected chi connectivity index (χ4v) is 4.38. The van der Waals surface area contributed by atoms with Gasteiger partial charge in [-0.15, -0.1) is 11.3 Å². The molecule has 23 heavy (non-hydrogen) atoms. The van der Waals surface area contributed by atoms with E-state index in [0.717, 1.165) is 36.5 Å². The molecule has 2 heterocycles. The summed E-state index contributed by atoms with van der Waals surface area (Å²) in [5.41, 5.74) is 2.34. The lowest BCUT2D eigenvalue weighted by atomic mass is 9.90. The van der Waals surface area contributed by atoms with E-state index < -0.39 is 0 Å². The first-order valence-corrected chi connectivity index (χ1v) is 9.03. The van der Waals surface area contributed by atoms with Crippen molar-refractivity contribution in [3.8, 4) is 0 Å². The van der Waals surface area contributed by atoms with Crippen LogP contribution in [0.3, 0.4) is 0 Å². The molecule has 0 spiro atoms. The molecule has 2 aromatic rings. The molecule has 3 rings (SSSR count). The maximum Gasteiger partial charge on any atom is 0.222 e. The van der Waals surface area contributed by atoms with Crippen molar-refractivity contribution in [2.45, 2.75) is 44.9 Å². The highest BCUT2D eigenvalue weighted by atomic mass is 32.1. The van der Waals surface area contributed by atoms with Crippen LogP contribution in [0.2, 0.25) is 0 Å². The minimum Gasteiger partial charge on any atom is -0.345 e. The number of likely N-dealkylation sites (N-methyl/N-ethyl adjacent to an activating group) is 1. The molecule has 0 saturated heterocycles. The smallest absolute Gasteiger partial charge is 0.222 e. The van der Waals surface area contributed by atoms with Gasteiger partial charge in [0.05, 0.1) is 10.7 Å². The lowest BCUT2D eigenvalue weighted by Crippen LogP contribution is -2.32. The fourth-order valence-electron chi connectivity index (χ4n) is 3.31. The van der Waals surface area contributed by atoms with E-state index in [1.807, 2.05) is 41.1 Å². The molecule has 0 saturated carbocycles. The van der Waals surface area contributed by atoms with Crippen LogP contribution in [0, 0.1) is 6.92 Å². The predicted molar refractivity (Wildman–Crippen MR) is 91.7 cm³/mol. The number of fused-ring (bicyclic) bond motifs is 1. The van der Waals surface area contributed by atoms with Crippen LogP contribution in [0.5, 0.6) is 0 Å². The van der Waals surface area contributed by atoms with Gasteiger partial charge in [-0.05, 0) is 38.7 Å². The number of thiazole rings is 1. The molecule has 1 amide bonds. The van der Waals surface area contributed by atoms with Crippen LogP contribution >= 0.6 is 11.3 Å². The Bertz CT molecular complexity index is 691. The van der Waals surface area contributed by atoms with Crippen LogP contribution in [0.25, 0.3) is 0 Å². The summed E-state index contributed by atoms with van der Waals surface area (Å²) >= 11 is 1.82. The van der Waals surface area contributed by atoms with Gasteiger partial charge in [-0.3, -0.25) is 9.48 Å². The van der Waals surface area contributed by atoms with Crippen molar-refractivity contribution in [3.63, 3.8) is 0 Å². The fraction of sp³-hybridized carbons (Fsp3) is 0.588. The van der Waals surface area contributed by atoms with E-state index in [9.17, 15) is 4.79 Å². The minimum absolute atomic E-state index is 0.199. The summed E-state index contributed by atoms with van der Waals surface area (Å²) < 4.78 is 1.83. The summed E-state index contributed by atoms with van der Waals surface area (Å²) in [6.45, 7) is 2.85. The molecule has 6 heteroatoms. The molecule has 0 bridgehead atoms.